The van der Waals surface area contributed by atoms with Gasteiger partial charge >= 0.3 is 6.15 Å². The lowest BCUT2D eigenvalue weighted by Crippen LogP contribution is -2.27. The molecular weight excluding hydrogens is 460 g/mol. The zero-order valence-electron chi connectivity index (χ0n) is 23.5. The van der Waals surface area contributed by atoms with Crippen LogP contribution < -0.4 is 0 Å². The highest BCUT2D eigenvalue weighted by atomic mass is 16.3. The van der Waals surface area contributed by atoms with Crippen LogP contribution in [0.1, 0.15) is 87.5 Å². The van der Waals surface area contributed by atoms with Crippen molar-refractivity contribution < 1.29 is 19.1 Å². The molecule has 0 saturated heterocycles. The Kier molecular flexibility index (Phi) is 10.4. The van der Waals surface area contributed by atoms with Gasteiger partial charge in [-0.15, -0.1) is 0 Å². The molecule has 198 valence electrons. The number of aryl methyl sites for hydroxylation is 3. The molecule has 37 heavy (non-hydrogen) atoms. The summed E-state index contributed by atoms with van der Waals surface area (Å²) in [6.07, 6.45) is 5.45. The Morgan fingerprint density at radius 2 is 1.51 bits per heavy atom. The highest BCUT2D eigenvalue weighted by molar-refractivity contribution is 5.65. The number of carbonyl (C=O) groups excluding carboxylic acids is 2. The van der Waals surface area contributed by atoms with Crippen molar-refractivity contribution in [3.63, 3.8) is 0 Å². The summed E-state index contributed by atoms with van der Waals surface area (Å²) < 4.78 is 5.92. The number of hydrogen-bond acceptors (Lipinski definition) is 4. The lowest BCUT2D eigenvalue weighted by atomic mass is 9.69. The van der Waals surface area contributed by atoms with Crippen molar-refractivity contribution in [2.75, 3.05) is 0 Å². The molecule has 2 aromatic carbocycles. The molecule has 0 aliphatic heterocycles. The van der Waals surface area contributed by atoms with Gasteiger partial charge in [-0.05, 0) is 91.0 Å². The molecule has 0 bridgehead atoms. The number of hydrogen-bond donors (Lipinski definition) is 1. The van der Waals surface area contributed by atoms with Gasteiger partial charge in [-0.3, -0.25) is 0 Å². The van der Waals surface area contributed by atoms with E-state index in [9.17, 15) is 5.11 Å². The smallest absolute Gasteiger partial charge is 0.373 e. The molecule has 4 heteroatoms. The van der Waals surface area contributed by atoms with Crippen molar-refractivity contribution >= 4 is 12.2 Å². The minimum atomic E-state index is -0.296. The van der Waals surface area contributed by atoms with Crippen LogP contribution in [0.25, 0.3) is 17.4 Å². The van der Waals surface area contributed by atoms with E-state index >= 15 is 0 Å². The molecule has 4 nitrogen and oxygen atoms in total. The maximum Gasteiger partial charge on any atom is 0.373 e. The summed E-state index contributed by atoms with van der Waals surface area (Å²) >= 11 is 0. The summed E-state index contributed by atoms with van der Waals surface area (Å²) in [5.74, 6) is 1.68. The summed E-state index contributed by atoms with van der Waals surface area (Å²) in [7, 11) is 0. The Hall–Kier alpha value is -3.20. The SMILES string of the molecule is C=Cc1ccc(-c2ccc(C(CC)(CC)c3ccc(CCC(O)C(C)(C)C)c(C)c3)cc2C)o1.O=C=O. The van der Waals surface area contributed by atoms with Crippen LogP contribution in [0, 0.1) is 19.3 Å². The lowest BCUT2D eigenvalue weighted by Gasteiger charge is -2.34. The van der Waals surface area contributed by atoms with E-state index in [1.54, 1.807) is 6.08 Å². The maximum atomic E-state index is 10.5. The molecule has 0 aliphatic rings. The van der Waals surface area contributed by atoms with Crippen LogP contribution in [0.2, 0.25) is 0 Å². The third kappa shape index (κ3) is 6.97. The maximum absolute atomic E-state index is 10.5. The second-order valence-corrected chi connectivity index (χ2v) is 10.9. The van der Waals surface area contributed by atoms with E-state index < -0.39 is 0 Å². The summed E-state index contributed by atoms with van der Waals surface area (Å²) in [5.41, 5.74) is 7.59. The molecule has 1 aromatic heterocycles. The van der Waals surface area contributed by atoms with Crippen LogP contribution >= 0.6 is 0 Å². The van der Waals surface area contributed by atoms with Gasteiger partial charge in [0.15, 0.2) is 0 Å². The molecule has 0 saturated carbocycles. The quantitative estimate of drug-likeness (QED) is 0.321. The second-order valence-electron chi connectivity index (χ2n) is 10.9. The zero-order valence-corrected chi connectivity index (χ0v) is 23.5. The Bertz CT molecular complexity index is 1220. The largest absolute Gasteiger partial charge is 0.457 e. The molecule has 1 unspecified atom stereocenters. The van der Waals surface area contributed by atoms with Gasteiger partial charge in [-0.2, -0.15) is 9.59 Å². The molecule has 1 heterocycles. The molecule has 0 aliphatic carbocycles. The van der Waals surface area contributed by atoms with E-state index in [2.05, 4.69) is 91.4 Å². The van der Waals surface area contributed by atoms with E-state index in [1.165, 1.54) is 27.8 Å². The van der Waals surface area contributed by atoms with Gasteiger partial charge in [0.1, 0.15) is 11.5 Å². The van der Waals surface area contributed by atoms with E-state index in [4.69, 9.17) is 14.0 Å². The van der Waals surface area contributed by atoms with Crippen LogP contribution in [0.3, 0.4) is 0 Å². The minimum Gasteiger partial charge on any atom is -0.457 e. The van der Waals surface area contributed by atoms with Crippen molar-refractivity contribution in [1.82, 2.24) is 0 Å². The number of aliphatic hydroxyl groups excluding tert-OH is 1. The topological polar surface area (TPSA) is 67.5 Å². The summed E-state index contributed by atoms with van der Waals surface area (Å²) in [6, 6.07) is 17.7. The second kappa shape index (κ2) is 12.9. The highest BCUT2D eigenvalue weighted by Crippen LogP contribution is 2.41. The normalized spacial score (nSPS) is 12.3. The number of aliphatic hydroxyl groups is 1. The summed E-state index contributed by atoms with van der Waals surface area (Å²) in [4.78, 5) is 16.2. The van der Waals surface area contributed by atoms with Gasteiger partial charge in [-0.1, -0.05) is 77.6 Å². The molecular formula is C33H42O4. The standard InChI is InChI=1S/C32H42O2.CO2/c1-9-27-16-18-29(34-27)28-17-15-26(21-23(28)5)32(10-2,11-3)25-14-12-24(22(4)20-25)13-19-30(33)31(6,7)8;2-1-3/h9,12,14-18,20-21,30,33H,1,10-11,13,19H2,2-8H3;. The Morgan fingerprint density at radius 3 is 1.97 bits per heavy atom. The Labute approximate surface area is 222 Å². The first-order valence-electron chi connectivity index (χ1n) is 13.1. The number of furan rings is 1. The van der Waals surface area contributed by atoms with Crippen molar-refractivity contribution in [3.05, 3.63) is 88.7 Å². The molecule has 0 fully saturated rings. The van der Waals surface area contributed by atoms with Crippen LogP contribution in [-0.4, -0.2) is 17.4 Å². The molecule has 3 aromatic rings. The van der Waals surface area contributed by atoms with E-state index in [0.29, 0.717) is 0 Å². The molecule has 0 spiro atoms. The molecule has 3 rings (SSSR count). The third-order valence-electron chi connectivity index (χ3n) is 7.66. The fraction of sp³-hybridized carbons (Fsp3) is 0.424. The van der Waals surface area contributed by atoms with Gasteiger partial charge in [-0.25, -0.2) is 0 Å². The van der Waals surface area contributed by atoms with Crippen molar-refractivity contribution in [2.45, 2.75) is 85.7 Å². The summed E-state index contributed by atoms with van der Waals surface area (Å²) in [6.45, 7) is 19.1. The van der Waals surface area contributed by atoms with Crippen molar-refractivity contribution in [1.29, 1.82) is 0 Å². The van der Waals surface area contributed by atoms with Gasteiger partial charge in [0.05, 0.1) is 6.10 Å². The van der Waals surface area contributed by atoms with E-state index in [1.807, 2.05) is 12.1 Å². The third-order valence-corrected chi connectivity index (χ3v) is 7.66. The van der Waals surface area contributed by atoms with Gasteiger partial charge in [0.2, 0.25) is 0 Å². The Morgan fingerprint density at radius 1 is 0.946 bits per heavy atom. The summed E-state index contributed by atoms with van der Waals surface area (Å²) in [5, 5.41) is 10.5. The molecule has 0 radical (unpaired) electrons. The van der Waals surface area contributed by atoms with Crippen LogP contribution in [0.5, 0.6) is 0 Å². The lowest BCUT2D eigenvalue weighted by molar-refractivity contribution is -0.191. The monoisotopic (exact) mass is 502 g/mol. The predicted molar refractivity (Wildman–Crippen MR) is 150 cm³/mol. The first-order chi connectivity index (χ1) is 17.5. The fourth-order valence-electron chi connectivity index (χ4n) is 5.08. The number of benzene rings is 2. The number of rotatable bonds is 9. The zero-order chi connectivity index (χ0) is 27.8. The van der Waals surface area contributed by atoms with Crippen molar-refractivity contribution in [3.8, 4) is 11.3 Å². The highest BCUT2D eigenvalue weighted by Gasteiger charge is 2.31. The average Bonchev–Trinajstić information content (AvgIpc) is 3.33. The van der Waals surface area contributed by atoms with Gasteiger partial charge < -0.3 is 9.52 Å². The van der Waals surface area contributed by atoms with Crippen LogP contribution in [0.15, 0.2) is 59.5 Å². The van der Waals surface area contributed by atoms with E-state index in [-0.39, 0.29) is 23.1 Å². The predicted octanol–water partition coefficient (Wildman–Crippen LogP) is 8.07. The van der Waals surface area contributed by atoms with Crippen LogP contribution in [0.4, 0.5) is 0 Å². The molecule has 0 amide bonds. The van der Waals surface area contributed by atoms with Gasteiger partial charge in [0.25, 0.3) is 0 Å². The van der Waals surface area contributed by atoms with Crippen LogP contribution in [-0.2, 0) is 21.4 Å². The minimum absolute atomic E-state index is 0.0348. The Balaban J connectivity index is 0.00000153. The van der Waals surface area contributed by atoms with E-state index in [0.717, 1.165) is 42.8 Å². The van der Waals surface area contributed by atoms with Gasteiger partial charge in [0, 0.05) is 11.0 Å². The first-order valence-corrected chi connectivity index (χ1v) is 13.1. The fourth-order valence-corrected chi connectivity index (χ4v) is 5.08. The average molecular weight is 503 g/mol. The molecule has 1 atom stereocenters. The van der Waals surface area contributed by atoms with Crippen molar-refractivity contribution in [2.24, 2.45) is 5.41 Å². The first kappa shape index (κ1) is 30.0. The molecule has 1 N–H and O–H groups in total.